The monoisotopic (exact) mass is 340 g/mol. The van der Waals surface area contributed by atoms with E-state index in [0.717, 1.165) is 38.8 Å². The van der Waals surface area contributed by atoms with E-state index in [1.807, 2.05) is 12.3 Å². The number of benzene rings is 1. The van der Waals surface area contributed by atoms with Crippen molar-refractivity contribution in [3.8, 4) is 0 Å². The molecule has 1 aromatic heterocycles. The van der Waals surface area contributed by atoms with Crippen LogP contribution in [0.2, 0.25) is 0 Å². The van der Waals surface area contributed by atoms with Gasteiger partial charge in [-0.3, -0.25) is 4.68 Å². The summed E-state index contributed by atoms with van der Waals surface area (Å²) in [5.74, 6) is 0.595. The minimum Gasteiger partial charge on any atom is -0.338 e. The quantitative estimate of drug-likeness (QED) is 0.843. The Morgan fingerprint density at radius 1 is 1.32 bits per heavy atom. The fraction of sp³-hybridized carbons (Fsp3) is 0.500. The molecule has 1 heterocycles. The summed E-state index contributed by atoms with van der Waals surface area (Å²) in [7, 11) is 0. The third-order valence-corrected chi connectivity index (χ3v) is 4.75. The molecular formula is C20H28N4O. The fourth-order valence-electron chi connectivity index (χ4n) is 3.34. The van der Waals surface area contributed by atoms with Crippen LogP contribution in [0, 0.1) is 5.92 Å². The van der Waals surface area contributed by atoms with Gasteiger partial charge in [0.2, 0.25) is 0 Å². The maximum absolute atomic E-state index is 12.2. The highest BCUT2D eigenvalue weighted by Gasteiger charge is 2.25. The van der Waals surface area contributed by atoms with Crippen molar-refractivity contribution in [2.45, 2.75) is 52.1 Å². The molecule has 0 aliphatic heterocycles. The molecule has 0 fully saturated rings. The summed E-state index contributed by atoms with van der Waals surface area (Å²) in [6.45, 7) is 5.82. The molecule has 2 N–H and O–H groups in total. The first-order chi connectivity index (χ1) is 12.1. The number of hydrogen-bond acceptors (Lipinski definition) is 2. The molecule has 1 unspecified atom stereocenters. The van der Waals surface area contributed by atoms with E-state index in [4.69, 9.17) is 0 Å². The maximum Gasteiger partial charge on any atom is 0.315 e. The molecule has 2 amide bonds. The first-order valence-corrected chi connectivity index (χ1v) is 9.26. The molecule has 0 radical (unpaired) electrons. The first-order valence-electron chi connectivity index (χ1n) is 9.26. The van der Waals surface area contributed by atoms with E-state index in [0.29, 0.717) is 5.92 Å². The Morgan fingerprint density at radius 3 is 2.88 bits per heavy atom. The van der Waals surface area contributed by atoms with E-state index in [2.05, 4.69) is 58.5 Å². The van der Waals surface area contributed by atoms with Crippen molar-refractivity contribution in [3.05, 3.63) is 53.3 Å². The average molecular weight is 340 g/mol. The second kappa shape index (κ2) is 8.19. The van der Waals surface area contributed by atoms with Gasteiger partial charge in [-0.05, 0) is 37.2 Å². The zero-order valence-electron chi connectivity index (χ0n) is 15.2. The van der Waals surface area contributed by atoms with Gasteiger partial charge < -0.3 is 10.6 Å². The zero-order valence-corrected chi connectivity index (χ0v) is 15.2. The summed E-state index contributed by atoms with van der Waals surface area (Å²) in [6, 6.07) is 10.4. The van der Waals surface area contributed by atoms with E-state index in [9.17, 15) is 4.79 Å². The molecule has 0 saturated heterocycles. The van der Waals surface area contributed by atoms with Crippen LogP contribution in [0.4, 0.5) is 4.79 Å². The molecule has 5 nitrogen and oxygen atoms in total. The van der Waals surface area contributed by atoms with Gasteiger partial charge in [0.05, 0.1) is 18.8 Å². The van der Waals surface area contributed by atoms with Gasteiger partial charge in [-0.1, -0.05) is 44.2 Å². The number of nitrogens with zero attached hydrogens (tertiary/aromatic N) is 2. The van der Waals surface area contributed by atoms with Gasteiger partial charge in [-0.15, -0.1) is 0 Å². The normalized spacial score (nSPS) is 16.5. The van der Waals surface area contributed by atoms with Crippen LogP contribution in [0.25, 0.3) is 0 Å². The Bertz CT molecular complexity index is 693. The van der Waals surface area contributed by atoms with Crippen LogP contribution in [-0.2, 0) is 13.0 Å². The minimum absolute atomic E-state index is 0.0623. The van der Waals surface area contributed by atoms with E-state index in [1.54, 1.807) is 0 Å². The van der Waals surface area contributed by atoms with E-state index in [1.165, 1.54) is 16.8 Å². The van der Waals surface area contributed by atoms with Gasteiger partial charge in [0.15, 0.2) is 0 Å². The lowest BCUT2D eigenvalue weighted by Gasteiger charge is -2.24. The Morgan fingerprint density at radius 2 is 2.12 bits per heavy atom. The molecule has 3 rings (SSSR count). The van der Waals surface area contributed by atoms with Crippen LogP contribution in [0.1, 0.15) is 56.0 Å². The highest BCUT2D eigenvalue weighted by molar-refractivity contribution is 5.74. The van der Waals surface area contributed by atoms with Crippen molar-refractivity contribution in [3.63, 3.8) is 0 Å². The Hall–Kier alpha value is -2.30. The van der Waals surface area contributed by atoms with Crippen molar-refractivity contribution in [2.75, 3.05) is 6.54 Å². The van der Waals surface area contributed by atoms with E-state index < -0.39 is 0 Å². The largest absolute Gasteiger partial charge is 0.338 e. The lowest BCUT2D eigenvalue weighted by molar-refractivity contribution is 0.235. The van der Waals surface area contributed by atoms with Gasteiger partial charge in [-0.2, -0.15) is 5.10 Å². The molecule has 1 aliphatic rings. The summed E-state index contributed by atoms with van der Waals surface area (Å²) < 4.78 is 2.08. The topological polar surface area (TPSA) is 59.0 Å². The van der Waals surface area contributed by atoms with Gasteiger partial charge in [-0.25, -0.2) is 4.79 Å². The number of hydrogen-bond donors (Lipinski definition) is 2. The Kier molecular flexibility index (Phi) is 5.74. The Labute approximate surface area is 149 Å². The molecule has 1 atom stereocenters. The van der Waals surface area contributed by atoms with E-state index >= 15 is 0 Å². The second-order valence-electron chi connectivity index (χ2n) is 7.22. The van der Waals surface area contributed by atoms with Gasteiger partial charge >= 0.3 is 6.03 Å². The molecule has 0 bridgehead atoms. The molecule has 134 valence electrons. The number of rotatable bonds is 6. The predicted molar refractivity (Wildman–Crippen MR) is 99.4 cm³/mol. The van der Waals surface area contributed by atoms with E-state index in [-0.39, 0.29) is 12.1 Å². The summed E-state index contributed by atoms with van der Waals surface area (Å²) in [5.41, 5.74) is 3.67. The third-order valence-electron chi connectivity index (χ3n) is 4.75. The minimum atomic E-state index is -0.0747. The van der Waals surface area contributed by atoms with Gasteiger partial charge in [0, 0.05) is 17.8 Å². The lowest BCUT2D eigenvalue weighted by Crippen LogP contribution is -2.39. The van der Waals surface area contributed by atoms with Crippen molar-refractivity contribution >= 4 is 6.03 Å². The summed E-state index contributed by atoms with van der Waals surface area (Å²) >= 11 is 0. The molecule has 1 aliphatic carbocycles. The highest BCUT2D eigenvalue weighted by atomic mass is 16.2. The molecule has 5 heteroatoms. The van der Waals surface area contributed by atoms with Crippen LogP contribution >= 0.6 is 0 Å². The second-order valence-corrected chi connectivity index (χ2v) is 7.22. The molecule has 2 aromatic rings. The molecule has 0 spiro atoms. The predicted octanol–water partition coefficient (Wildman–Crippen LogP) is 3.65. The Balaban J connectivity index is 1.63. The molecular weight excluding hydrogens is 312 g/mol. The van der Waals surface area contributed by atoms with Crippen LogP contribution in [0.3, 0.4) is 0 Å². The highest BCUT2D eigenvalue weighted by Crippen LogP contribution is 2.29. The smallest absolute Gasteiger partial charge is 0.315 e. The van der Waals surface area contributed by atoms with Crippen LogP contribution in [0.15, 0.2) is 36.5 Å². The number of nitrogens with one attached hydrogen (secondary N) is 2. The number of carbonyl (C=O) groups is 1. The fourth-order valence-corrected chi connectivity index (χ4v) is 3.34. The van der Waals surface area contributed by atoms with Gasteiger partial charge in [0.1, 0.15) is 0 Å². The van der Waals surface area contributed by atoms with Crippen molar-refractivity contribution in [1.82, 2.24) is 20.4 Å². The number of amides is 2. The summed E-state index contributed by atoms with van der Waals surface area (Å²) in [4.78, 5) is 12.2. The van der Waals surface area contributed by atoms with Crippen molar-refractivity contribution in [1.29, 1.82) is 0 Å². The standard InChI is InChI=1S/C20H28N4O/c1-15(2)11-12-21-20(25)23-18-9-6-10-19-17(18)13-22-24(19)14-16-7-4-3-5-8-16/h3-5,7-8,13,15,18H,6,9-12,14H2,1-2H3,(H2,21,23,25). The molecule has 0 saturated carbocycles. The maximum atomic E-state index is 12.2. The number of carbonyl (C=O) groups excluding carboxylic acids is 1. The lowest BCUT2D eigenvalue weighted by atomic mass is 9.93. The van der Waals surface area contributed by atoms with Crippen LogP contribution < -0.4 is 10.6 Å². The van der Waals surface area contributed by atoms with Crippen LogP contribution in [0.5, 0.6) is 0 Å². The van der Waals surface area contributed by atoms with Crippen LogP contribution in [-0.4, -0.2) is 22.4 Å². The number of aromatic nitrogens is 2. The molecule has 1 aromatic carbocycles. The zero-order chi connectivity index (χ0) is 17.6. The number of urea groups is 1. The third kappa shape index (κ3) is 4.62. The molecule has 25 heavy (non-hydrogen) atoms. The summed E-state index contributed by atoms with van der Waals surface area (Å²) in [5, 5.41) is 10.7. The average Bonchev–Trinajstić information content (AvgIpc) is 3.00. The SMILES string of the molecule is CC(C)CCNC(=O)NC1CCCc2c1cnn2Cc1ccccc1. The first kappa shape index (κ1) is 17.5. The number of fused-ring (bicyclic) bond motifs is 1. The summed E-state index contributed by atoms with van der Waals surface area (Å²) in [6.07, 6.45) is 6.00. The van der Waals surface area contributed by atoms with Crippen molar-refractivity contribution < 1.29 is 4.79 Å². The van der Waals surface area contributed by atoms with Crippen molar-refractivity contribution in [2.24, 2.45) is 5.92 Å². The van der Waals surface area contributed by atoms with Gasteiger partial charge in [0.25, 0.3) is 0 Å².